The minimum Gasteiger partial charge on any atom is -0.507 e. The number of phenols is 3. The van der Waals surface area contributed by atoms with Crippen molar-refractivity contribution in [3.63, 3.8) is 0 Å². The molecule has 0 aliphatic heterocycles. The molecule has 0 aromatic heterocycles. The molecule has 0 aliphatic carbocycles. The lowest BCUT2D eigenvalue weighted by atomic mass is 10.1. The van der Waals surface area contributed by atoms with E-state index in [1.165, 1.54) is 0 Å². The molecule has 0 amide bonds. The van der Waals surface area contributed by atoms with E-state index in [-0.39, 0.29) is 42.7 Å². The zero-order valence-electron chi connectivity index (χ0n) is 23.0. The van der Waals surface area contributed by atoms with Crippen LogP contribution in [0.15, 0.2) is 96.4 Å². The summed E-state index contributed by atoms with van der Waals surface area (Å²) < 4.78 is 0. The molecule has 10 heteroatoms. The van der Waals surface area contributed by atoms with Gasteiger partial charge in [0.15, 0.2) is 0 Å². The maximum atomic E-state index is 10.5. The van der Waals surface area contributed by atoms with E-state index in [2.05, 4.69) is 30.7 Å². The normalized spacial score (nSPS) is 11.8. The van der Waals surface area contributed by atoms with Crippen molar-refractivity contribution in [2.45, 2.75) is 59.7 Å². The molecule has 0 fully saturated rings. The van der Waals surface area contributed by atoms with Crippen LogP contribution in [0, 0.1) is 0 Å². The predicted molar refractivity (Wildman–Crippen MR) is 155 cm³/mol. The summed E-state index contributed by atoms with van der Waals surface area (Å²) in [6.45, 7) is 6.49. The molecule has 0 spiro atoms. The van der Waals surface area contributed by atoms with Crippen LogP contribution in [0.2, 0.25) is 0 Å². The number of azo groups is 3. The fraction of sp³-hybridized carbons (Fsp3) is 0.310. The van der Waals surface area contributed by atoms with Crippen LogP contribution in [0.3, 0.4) is 0 Å². The van der Waals surface area contributed by atoms with Gasteiger partial charge in [0, 0.05) is 16.7 Å². The first-order valence-corrected chi connectivity index (χ1v) is 14.1. The molecule has 3 rings (SSSR count). The number of para-hydroxylation sites is 3. The Hall–Kier alpha value is -4.18. The van der Waals surface area contributed by atoms with E-state index in [9.17, 15) is 15.3 Å². The summed E-state index contributed by atoms with van der Waals surface area (Å²) in [5, 5.41) is 57.5. The summed E-state index contributed by atoms with van der Waals surface area (Å²) in [5.74, 6) is 0.893. The molecule has 0 unspecified atom stereocenters. The molecule has 204 valence electrons. The van der Waals surface area contributed by atoms with Gasteiger partial charge < -0.3 is 15.3 Å². The summed E-state index contributed by atoms with van der Waals surface area (Å²) in [6, 6.07) is 16.7. The maximum absolute atomic E-state index is 10.5. The number of hydrogen-bond acceptors (Lipinski definition) is 9. The van der Waals surface area contributed by atoms with Crippen LogP contribution in [0.25, 0.3) is 0 Å². The van der Waals surface area contributed by atoms with Gasteiger partial charge in [-0.05, 0) is 36.0 Å². The average molecular weight is 545 g/mol. The number of aromatic hydroxyl groups is 3. The topological polar surface area (TPSA) is 135 Å². The molecule has 0 saturated heterocycles. The third-order valence-electron chi connectivity index (χ3n) is 6.35. The zero-order valence-corrected chi connectivity index (χ0v) is 25.0. The highest BCUT2D eigenvalue weighted by Gasteiger charge is 2.08. The molecule has 0 radical (unpaired) electrons. The molecular weight excluding hydrogens is 508 g/mol. The highest BCUT2D eigenvalue weighted by Crippen LogP contribution is 2.26. The minimum atomic E-state index is 0.168. The van der Waals surface area contributed by atoms with E-state index in [4.69, 9.17) is 0 Å². The van der Waals surface area contributed by atoms with Crippen LogP contribution in [-0.2, 0) is 38.9 Å². The van der Waals surface area contributed by atoms with E-state index < -0.39 is 0 Å². The SMILES string of the molecule is CCc1cccc(C/N=N/C([SiH3])=C(/N=N/Cc2cccc(CC)c2O)/N=N/Cc2cccc(CC)c2O)c1O. The van der Waals surface area contributed by atoms with Gasteiger partial charge in [0.2, 0.25) is 5.82 Å². The molecule has 3 aromatic rings. The van der Waals surface area contributed by atoms with E-state index in [0.717, 1.165) is 23.1 Å². The Morgan fingerprint density at radius 2 is 0.846 bits per heavy atom. The molecule has 0 heterocycles. The van der Waals surface area contributed by atoms with E-state index in [1.54, 1.807) is 12.1 Å². The molecule has 0 aliphatic rings. The van der Waals surface area contributed by atoms with Gasteiger partial charge in [-0.25, -0.2) is 0 Å². The van der Waals surface area contributed by atoms with E-state index in [1.807, 2.05) is 63.2 Å². The van der Waals surface area contributed by atoms with Crippen LogP contribution < -0.4 is 0 Å². The third-order valence-corrected chi connectivity index (χ3v) is 7.00. The Balaban J connectivity index is 1.85. The monoisotopic (exact) mass is 544 g/mol. The second kappa shape index (κ2) is 14.7. The third kappa shape index (κ3) is 7.90. The fourth-order valence-electron chi connectivity index (χ4n) is 3.96. The number of rotatable bonds is 12. The molecule has 0 saturated carbocycles. The minimum absolute atomic E-state index is 0.168. The Morgan fingerprint density at radius 3 is 1.18 bits per heavy atom. The number of nitrogens with zero attached hydrogens (tertiary/aromatic N) is 6. The van der Waals surface area contributed by atoms with Crippen molar-refractivity contribution in [2.24, 2.45) is 30.7 Å². The number of phenolic OH excluding ortho intramolecular Hbond substituents is 3. The summed E-state index contributed by atoms with van der Waals surface area (Å²) in [7, 11) is 0.465. The Bertz CT molecular complexity index is 1330. The van der Waals surface area contributed by atoms with Gasteiger partial charge in [0.1, 0.15) is 17.2 Å². The highest BCUT2D eigenvalue weighted by molar-refractivity contribution is 6.21. The first-order chi connectivity index (χ1) is 18.9. The van der Waals surface area contributed by atoms with Crippen molar-refractivity contribution in [1.82, 2.24) is 0 Å². The molecule has 39 heavy (non-hydrogen) atoms. The molecule has 3 N–H and O–H groups in total. The summed E-state index contributed by atoms with van der Waals surface area (Å²) in [6.07, 6.45) is 2.15. The largest absolute Gasteiger partial charge is 0.507 e. The predicted octanol–water partition coefficient (Wildman–Crippen LogP) is 6.24. The Labute approximate surface area is 232 Å². The maximum Gasteiger partial charge on any atom is 0.213 e. The van der Waals surface area contributed by atoms with Crippen LogP contribution in [-0.4, -0.2) is 25.6 Å². The smallest absolute Gasteiger partial charge is 0.213 e. The first kappa shape index (κ1) is 29.4. The van der Waals surface area contributed by atoms with Gasteiger partial charge >= 0.3 is 0 Å². The first-order valence-electron chi connectivity index (χ1n) is 13.1. The summed E-state index contributed by atoms with van der Waals surface area (Å²) in [4.78, 5) is 0. The number of benzene rings is 3. The summed E-state index contributed by atoms with van der Waals surface area (Å²) >= 11 is 0. The van der Waals surface area contributed by atoms with E-state index >= 15 is 0 Å². The molecule has 9 nitrogen and oxygen atoms in total. The average Bonchev–Trinajstić information content (AvgIpc) is 2.94. The lowest BCUT2D eigenvalue weighted by Gasteiger charge is -2.06. The Kier molecular flexibility index (Phi) is 11.1. The molecule has 3 aromatic carbocycles. The van der Waals surface area contributed by atoms with Crippen molar-refractivity contribution >= 4 is 10.2 Å². The second-order valence-electron chi connectivity index (χ2n) is 8.94. The van der Waals surface area contributed by atoms with Crippen molar-refractivity contribution in [1.29, 1.82) is 0 Å². The molecule has 0 atom stereocenters. The zero-order chi connectivity index (χ0) is 28.2. The lowest BCUT2D eigenvalue weighted by molar-refractivity contribution is 0.461. The standard InChI is InChI=1S/C29H36N6O3Si/c1-4-19-10-7-13-22(25(19)36)16-30-33-28(34-31-17-23-14-8-11-20(5-2)26(23)37)29(39)35-32-18-24-15-9-12-21(6-3)27(24)38/h7-15,36-38H,4-6,16-18H2,1-3,39H3/b33-30+,34-31+,35-32+. The second-order valence-corrected chi connectivity index (χ2v) is 9.89. The van der Waals surface area contributed by atoms with Gasteiger partial charge in [0.05, 0.1) is 35.2 Å². The van der Waals surface area contributed by atoms with Gasteiger partial charge in [-0.1, -0.05) is 75.4 Å². The summed E-state index contributed by atoms with van der Waals surface area (Å²) in [5.41, 5.74) is 4.57. The number of aryl methyl sites for hydroxylation is 3. The quantitative estimate of drug-likeness (QED) is 0.184. The van der Waals surface area contributed by atoms with Crippen molar-refractivity contribution in [3.05, 3.63) is 99.1 Å². The van der Waals surface area contributed by atoms with Gasteiger partial charge in [-0.15, -0.1) is 10.2 Å². The number of hydrogen-bond donors (Lipinski definition) is 3. The Morgan fingerprint density at radius 1 is 0.538 bits per heavy atom. The molecule has 0 bridgehead atoms. The van der Waals surface area contributed by atoms with Crippen LogP contribution >= 0.6 is 0 Å². The van der Waals surface area contributed by atoms with Crippen molar-refractivity contribution in [3.8, 4) is 17.2 Å². The van der Waals surface area contributed by atoms with Crippen LogP contribution in [0.4, 0.5) is 0 Å². The van der Waals surface area contributed by atoms with Gasteiger partial charge in [0.25, 0.3) is 0 Å². The van der Waals surface area contributed by atoms with Gasteiger partial charge in [-0.2, -0.15) is 20.5 Å². The van der Waals surface area contributed by atoms with Crippen LogP contribution in [0.1, 0.15) is 54.2 Å². The van der Waals surface area contributed by atoms with Crippen molar-refractivity contribution in [2.75, 3.05) is 0 Å². The lowest BCUT2D eigenvalue weighted by Crippen LogP contribution is -1.90. The van der Waals surface area contributed by atoms with Gasteiger partial charge in [-0.3, -0.25) is 0 Å². The molecular formula is C29H36N6O3Si. The van der Waals surface area contributed by atoms with E-state index in [0.29, 0.717) is 45.1 Å². The fourth-order valence-corrected chi connectivity index (χ4v) is 4.30. The highest BCUT2D eigenvalue weighted by atomic mass is 28.1. The van der Waals surface area contributed by atoms with Crippen LogP contribution in [0.5, 0.6) is 17.2 Å². The van der Waals surface area contributed by atoms with Crippen molar-refractivity contribution < 1.29 is 15.3 Å².